The second-order valence-corrected chi connectivity index (χ2v) is 3.10. The van der Waals surface area contributed by atoms with Crippen LogP contribution >= 0.6 is 0 Å². The smallest absolute Gasteiger partial charge is 0.230 e. The summed E-state index contributed by atoms with van der Waals surface area (Å²) in [4.78, 5) is 13.0. The van der Waals surface area contributed by atoms with Gasteiger partial charge in [0.15, 0.2) is 0 Å². The number of amides is 1. The number of hydrogen-bond donors (Lipinski definition) is 0. The van der Waals surface area contributed by atoms with Gasteiger partial charge in [0.1, 0.15) is 0 Å². The fourth-order valence-corrected chi connectivity index (χ4v) is 1.48. The number of likely N-dealkylation sites (N-methyl/N-ethyl adjacent to an activating group) is 1. The average molecular weight is 177 g/mol. The van der Waals surface area contributed by atoms with E-state index in [9.17, 15) is 4.79 Å². The lowest BCUT2D eigenvalue weighted by molar-refractivity contribution is -0.125. The molecule has 0 bridgehead atoms. The number of allylic oxidation sites excluding steroid dienone is 3. The van der Waals surface area contributed by atoms with Crippen molar-refractivity contribution in [3.63, 3.8) is 0 Å². The van der Waals surface area contributed by atoms with Gasteiger partial charge in [-0.1, -0.05) is 18.7 Å². The van der Waals surface area contributed by atoms with Gasteiger partial charge in [0.05, 0.1) is 6.42 Å². The Hall–Kier alpha value is -1.31. The van der Waals surface area contributed by atoms with E-state index in [2.05, 4.69) is 12.7 Å². The molecule has 13 heavy (non-hydrogen) atoms. The summed E-state index contributed by atoms with van der Waals surface area (Å²) in [6.45, 7) is 5.69. The predicted molar refractivity (Wildman–Crippen MR) is 54.0 cm³/mol. The fraction of sp³-hybridized carbons (Fsp3) is 0.364. The van der Waals surface area contributed by atoms with Crippen LogP contribution in [0.4, 0.5) is 0 Å². The van der Waals surface area contributed by atoms with E-state index in [0.717, 1.165) is 12.1 Å². The molecule has 1 heterocycles. The zero-order valence-corrected chi connectivity index (χ0v) is 8.21. The molecule has 2 nitrogen and oxygen atoms in total. The number of nitrogens with zero attached hydrogens (tertiary/aromatic N) is 1. The quantitative estimate of drug-likeness (QED) is 0.605. The monoisotopic (exact) mass is 177 g/mol. The Balaban J connectivity index is 2.85. The molecule has 1 amide bonds. The van der Waals surface area contributed by atoms with Crippen LogP contribution in [0.15, 0.2) is 36.1 Å². The third kappa shape index (κ3) is 1.89. The third-order valence-corrected chi connectivity index (χ3v) is 2.26. The van der Waals surface area contributed by atoms with Gasteiger partial charge in [-0.3, -0.25) is 4.79 Å². The molecule has 0 radical (unpaired) electrons. The molecule has 0 fully saturated rings. The van der Waals surface area contributed by atoms with Crippen LogP contribution in [0.1, 0.15) is 19.8 Å². The fourth-order valence-electron chi connectivity index (χ4n) is 1.48. The van der Waals surface area contributed by atoms with Gasteiger partial charge in [0, 0.05) is 12.7 Å². The van der Waals surface area contributed by atoms with Gasteiger partial charge in [-0.25, -0.2) is 0 Å². The summed E-state index contributed by atoms with van der Waals surface area (Å²) in [5.74, 6) is 0.161. The van der Waals surface area contributed by atoms with Crippen molar-refractivity contribution in [1.29, 1.82) is 0 Å². The molecule has 0 atom stereocenters. The van der Waals surface area contributed by atoms with E-state index >= 15 is 0 Å². The minimum absolute atomic E-state index is 0.161. The standard InChI is InChI=1S/C11H15NO/c1-4-6-7-9-8-11(13)12(3)10(9)5-2/h4-6H,2,7-8H2,1,3H3/b6-4-. The second-order valence-electron chi connectivity index (χ2n) is 3.10. The van der Waals surface area contributed by atoms with Crippen molar-refractivity contribution in [3.05, 3.63) is 36.1 Å². The van der Waals surface area contributed by atoms with Crippen molar-refractivity contribution in [2.24, 2.45) is 0 Å². The molecule has 0 spiro atoms. The zero-order valence-electron chi connectivity index (χ0n) is 8.21. The maximum atomic E-state index is 11.3. The van der Waals surface area contributed by atoms with Gasteiger partial charge in [0.25, 0.3) is 0 Å². The second kappa shape index (κ2) is 4.08. The Morgan fingerprint density at radius 3 is 2.85 bits per heavy atom. The van der Waals surface area contributed by atoms with Gasteiger partial charge in [-0.05, 0) is 25.0 Å². The van der Waals surface area contributed by atoms with Crippen molar-refractivity contribution in [3.8, 4) is 0 Å². The van der Waals surface area contributed by atoms with Crippen LogP contribution in [0.5, 0.6) is 0 Å². The van der Waals surface area contributed by atoms with E-state index in [1.807, 2.05) is 13.0 Å². The molecule has 0 saturated heterocycles. The Morgan fingerprint density at radius 1 is 1.62 bits per heavy atom. The summed E-state index contributed by atoms with van der Waals surface area (Å²) in [5, 5.41) is 0. The molecule has 2 heteroatoms. The first kappa shape index (κ1) is 9.78. The van der Waals surface area contributed by atoms with Gasteiger partial charge in [-0.15, -0.1) is 0 Å². The van der Waals surface area contributed by atoms with Crippen molar-refractivity contribution >= 4 is 5.91 Å². The molecule has 70 valence electrons. The van der Waals surface area contributed by atoms with Crippen molar-refractivity contribution in [2.45, 2.75) is 19.8 Å². The topological polar surface area (TPSA) is 20.3 Å². The number of hydrogen-bond acceptors (Lipinski definition) is 1. The minimum atomic E-state index is 0.161. The molecule has 0 saturated carbocycles. The van der Waals surface area contributed by atoms with Crippen molar-refractivity contribution < 1.29 is 4.79 Å². The van der Waals surface area contributed by atoms with Crippen LogP contribution < -0.4 is 0 Å². The normalized spacial score (nSPS) is 17.7. The van der Waals surface area contributed by atoms with Crippen LogP contribution in [0.2, 0.25) is 0 Å². The van der Waals surface area contributed by atoms with Crippen LogP contribution in [-0.4, -0.2) is 17.9 Å². The summed E-state index contributed by atoms with van der Waals surface area (Å²) in [7, 11) is 1.79. The van der Waals surface area contributed by atoms with E-state index in [1.54, 1.807) is 18.0 Å². The van der Waals surface area contributed by atoms with Crippen LogP contribution in [0.25, 0.3) is 0 Å². The summed E-state index contributed by atoms with van der Waals surface area (Å²) in [5.41, 5.74) is 2.14. The predicted octanol–water partition coefficient (Wildman–Crippen LogP) is 2.25. The maximum Gasteiger partial charge on any atom is 0.230 e. The average Bonchev–Trinajstić information content (AvgIpc) is 2.39. The number of carbonyl (C=O) groups is 1. The molecule has 0 aromatic heterocycles. The Labute approximate surface area is 79.2 Å². The Bertz CT molecular complexity index is 286. The molecule has 1 aliphatic rings. The highest BCUT2D eigenvalue weighted by molar-refractivity contribution is 5.84. The van der Waals surface area contributed by atoms with E-state index in [0.29, 0.717) is 6.42 Å². The summed E-state index contributed by atoms with van der Waals surface area (Å²) in [6, 6.07) is 0. The minimum Gasteiger partial charge on any atom is -0.315 e. The number of carbonyl (C=O) groups excluding carboxylic acids is 1. The third-order valence-electron chi connectivity index (χ3n) is 2.26. The van der Waals surface area contributed by atoms with E-state index in [-0.39, 0.29) is 5.91 Å². The highest BCUT2D eigenvalue weighted by Crippen LogP contribution is 2.25. The lowest BCUT2D eigenvalue weighted by Gasteiger charge is -2.10. The van der Waals surface area contributed by atoms with Gasteiger partial charge < -0.3 is 4.90 Å². The van der Waals surface area contributed by atoms with Crippen LogP contribution in [-0.2, 0) is 4.79 Å². The molecular formula is C11H15NO. The Morgan fingerprint density at radius 2 is 2.31 bits per heavy atom. The molecule has 0 unspecified atom stereocenters. The molecule has 0 aliphatic carbocycles. The van der Waals surface area contributed by atoms with Crippen LogP contribution in [0.3, 0.4) is 0 Å². The maximum absolute atomic E-state index is 11.3. The Kier molecular flexibility index (Phi) is 3.07. The lowest BCUT2D eigenvalue weighted by Crippen LogP contribution is -2.18. The summed E-state index contributed by atoms with van der Waals surface area (Å²) in [6.07, 6.45) is 7.21. The molecule has 0 aromatic carbocycles. The first-order valence-corrected chi connectivity index (χ1v) is 4.43. The lowest BCUT2D eigenvalue weighted by atomic mass is 10.1. The highest BCUT2D eigenvalue weighted by atomic mass is 16.2. The van der Waals surface area contributed by atoms with E-state index < -0.39 is 0 Å². The summed E-state index contributed by atoms with van der Waals surface area (Å²) >= 11 is 0. The molecule has 0 N–H and O–H groups in total. The van der Waals surface area contributed by atoms with Gasteiger partial charge in [-0.2, -0.15) is 0 Å². The van der Waals surface area contributed by atoms with Gasteiger partial charge >= 0.3 is 0 Å². The van der Waals surface area contributed by atoms with E-state index in [4.69, 9.17) is 0 Å². The first-order valence-electron chi connectivity index (χ1n) is 4.43. The van der Waals surface area contributed by atoms with Crippen molar-refractivity contribution in [1.82, 2.24) is 4.90 Å². The van der Waals surface area contributed by atoms with Crippen molar-refractivity contribution in [2.75, 3.05) is 7.05 Å². The van der Waals surface area contributed by atoms with Gasteiger partial charge in [0.2, 0.25) is 5.91 Å². The zero-order chi connectivity index (χ0) is 9.84. The highest BCUT2D eigenvalue weighted by Gasteiger charge is 2.23. The molecule has 0 aromatic rings. The van der Waals surface area contributed by atoms with Crippen LogP contribution in [0, 0.1) is 0 Å². The summed E-state index contributed by atoms with van der Waals surface area (Å²) < 4.78 is 0. The SMILES string of the molecule is C=CC1=C(C/C=C\C)CC(=O)N1C. The molecule has 1 rings (SSSR count). The van der Waals surface area contributed by atoms with E-state index in [1.165, 1.54) is 5.57 Å². The number of rotatable bonds is 3. The molecular weight excluding hydrogens is 162 g/mol. The first-order chi connectivity index (χ1) is 6.20. The molecule has 1 aliphatic heterocycles. The largest absolute Gasteiger partial charge is 0.315 e.